The molecule has 1 unspecified atom stereocenters. The first-order valence-electron chi connectivity index (χ1n) is 7.06. The Morgan fingerprint density at radius 3 is 2.29 bits per heavy atom. The third kappa shape index (κ3) is 4.20. The summed E-state index contributed by atoms with van der Waals surface area (Å²) in [6.07, 6.45) is 6.78. The number of rotatable bonds is 7. The van der Waals surface area contributed by atoms with Crippen LogP contribution in [0.2, 0.25) is 0 Å². The number of halogens is 2. The molecule has 1 aliphatic rings. The van der Waals surface area contributed by atoms with Crippen LogP contribution in [0.5, 0.6) is 0 Å². The maximum absolute atomic E-state index is 13.3. The van der Waals surface area contributed by atoms with Gasteiger partial charge < -0.3 is 0 Å². The number of alkyl halides is 2. The van der Waals surface area contributed by atoms with Gasteiger partial charge in [0.15, 0.2) is 0 Å². The fourth-order valence-electron chi connectivity index (χ4n) is 2.93. The molecule has 1 saturated heterocycles. The summed E-state index contributed by atoms with van der Waals surface area (Å²) in [7, 11) is 0. The Morgan fingerprint density at radius 1 is 1.12 bits per heavy atom. The predicted octanol–water partition coefficient (Wildman–Crippen LogP) is 4.47. The van der Waals surface area contributed by atoms with Crippen LogP contribution in [0.25, 0.3) is 0 Å². The first kappa shape index (κ1) is 14.9. The van der Waals surface area contributed by atoms with E-state index in [4.69, 9.17) is 0 Å². The lowest BCUT2D eigenvalue weighted by molar-refractivity contribution is -0.00583. The molecule has 0 amide bonds. The van der Waals surface area contributed by atoms with Gasteiger partial charge in [0, 0.05) is 18.5 Å². The Labute approximate surface area is 105 Å². The Hall–Kier alpha value is -0.180. The van der Waals surface area contributed by atoms with Gasteiger partial charge in [-0.15, -0.1) is 0 Å². The molecule has 1 atom stereocenters. The van der Waals surface area contributed by atoms with Gasteiger partial charge in [-0.25, -0.2) is 8.78 Å². The summed E-state index contributed by atoms with van der Waals surface area (Å²) in [5.74, 6) is -2.46. The molecule has 0 spiro atoms. The van der Waals surface area contributed by atoms with E-state index in [2.05, 4.69) is 20.8 Å². The van der Waals surface area contributed by atoms with Crippen molar-refractivity contribution in [1.29, 1.82) is 0 Å². The lowest BCUT2D eigenvalue weighted by atomic mass is 9.88. The molecule has 1 fully saturated rings. The monoisotopic (exact) mass is 247 g/mol. The highest BCUT2D eigenvalue weighted by molar-refractivity contribution is 4.93. The highest BCUT2D eigenvalue weighted by atomic mass is 19.3. The van der Waals surface area contributed by atoms with Crippen molar-refractivity contribution < 1.29 is 8.78 Å². The molecule has 0 aromatic heterocycles. The summed E-state index contributed by atoms with van der Waals surface area (Å²) in [4.78, 5) is 2.03. The average molecular weight is 247 g/mol. The van der Waals surface area contributed by atoms with E-state index in [-0.39, 0.29) is 18.5 Å². The van der Waals surface area contributed by atoms with E-state index in [1.807, 2.05) is 4.90 Å². The number of likely N-dealkylation sites (tertiary alicyclic amines) is 1. The molecular formula is C14H27F2N. The van der Waals surface area contributed by atoms with Crippen molar-refractivity contribution in [3.8, 4) is 0 Å². The molecule has 0 aliphatic carbocycles. The molecule has 0 N–H and O–H groups in total. The lowest BCUT2D eigenvalue weighted by Gasteiger charge is -2.39. The van der Waals surface area contributed by atoms with Crippen molar-refractivity contribution in [2.24, 2.45) is 0 Å². The SMILES string of the molecule is CCCCCC(C)(CCC)N1CCC(F)(F)C1. The summed E-state index contributed by atoms with van der Waals surface area (Å²) in [5, 5.41) is 0. The molecule has 0 aromatic carbocycles. The Morgan fingerprint density at radius 2 is 1.82 bits per heavy atom. The van der Waals surface area contributed by atoms with Gasteiger partial charge in [0.2, 0.25) is 0 Å². The zero-order valence-corrected chi connectivity index (χ0v) is 11.6. The van der Waals surface area contributed by atoms with E-state index < -0.39 is 5.92 Å². The average Bonchev–Trinajstić information content (AvgIpc) is 2.60. The van der Waals surface area contributed by atoms with Crippen molar-refractivity contribution in [3.63, 3.8) is 0 Å². The van der Waals surface area contributed by atoms with E-state index in [9.17, 15) is 8.78 Å². The van der Waals surface area contributed by atoms with E-state index in [0.29, 0.717) is 6.54 Å². The van der Waals surface area contributed by atoms with Gasteiger partial charge in [-0.2, -0.15) is 0 Å². The molecule has 0 saturated carbocycles. The molecule has 0 bridgehead atoms. The fraction of sp³-hybridized carbons (Fsp3) is 1.00. The van der Waals surface area contributed by atoms with Crippen LogP contribution in [-0.2, 0) is 0 Å². The Kier molecular flexibility index (Phi) is 5.36. The zero-order chi connectivity index (χ0) is 12.9. The minimum atomic E-state index is -2.46. The normalized spacial score (nSPS) is 23.8. The number of nitrogens with zero attached hydrogens (tertiary/aromatic N) is 1. The van der Waals surface area contributed by atoms with Crippen LogP contribution in [0.1, 0.15) is 65.7 Å². The van der Waals surface area contributed by atoms with E-state index >= 15 is 0 Å². The first-order valence-corrected chi connectivity index (χ1v) is 7.06. The Bertz CT molecular complexity index is 230. The molecule has 1 heterocycles. The molecule has 0 radical (unpaired) electrons. The summed E-state index contributed by atoms with van der Waals surface area (Å²) >= 11 is 0. The Balaban J connectivity index is 2.57. The molecule has 0 aromatic rings. The molecule has 3 heteroatoms. The van der Waals surface area contributed by atoms with Crippen LogP contribution < -0.4 is 0 Å². The van der Waals surface area contributed by atoms with Crippen molar-refractivity contribution in [2.45, 2.75) is 77.2 Å². The highest BCUT2D eigenvalue weighted by Crippen LogP contribution is 2.36. The first-order chi connectivity index (χ1) is 7.93. The van der Waals surface area contributed by atoms with Crippen molar-refractivity contribution in [2.75, 3.05) is 13.1 Å². The van der Waals surface area contributed by atoms with Crippen LogP contribution in [0.4, 0.5) is 8.78 Å². The molecular weight excluding hydrogens is 220 g/mol. The molecule has 17 heavy (non-hydrogen) atoms. The van der Waals surface area contributed by atoms with Gasteiger partial charge in [0.05, 0.1) is 6.54 Å². The van der Waals surface area contributed by atoms with Gasteiger partial charge in [-0.3, -0.25) is 4.90 Å². The van der Waals surface area contributed by atoms with E-state index in [1.165, 1.54) is 12.8 Å². The van der Waals surface area contributed by atoms with Crippen molar-refractivity contribution in [1.82, 2.24) is 4.90 Å². The number of hydrogen-bond acceptors (Lipinski definition) is 1. The van der Waals surface area contributed by atoms with Crippen molar-refractivity contribution in [3.05, 3.63) is 0 Å². The van der Waals surface area contributed by atoms with Crippen LogP contribution in [0, 0.1) is 0 Å². The van der Waals surface area contributed by atoms with Gasteiger partial charge in [-0.1, -0.05) is 39.5 Å². The molecule has 1 nitrogen and oxygen atoms in total. The maximum Gasteiger partial charge on any atom is 0.261 e. The molecule has 102 valence electrons. The summed E-state index contributed by atoms with van der Waals surface area (Å²) in [6.45, 7) is 7.03. The minimum absolute atomic E-state index is 0.0101. The summed E-state index contributed by atoms with van der Waals surface area (Å²) < 4.78 is 26.6. The highest BCUT2D eigenvalue weighted by Gasteiger charge is 2.44. The van der Waals surface area contributed by atoms with Crippen LogP contribution in [0.3, 0.4) is 0 Å². The maximum atomic E-state index is 13.3. The smallest absolute Gasteiger partial charge is 0.261 e. The van der Waals surface area contributed by atoms with E-state index in [0.717, 1.165) is 25.7 Å². The topological polar surface area (TPSA) is 3.24 Å². The largest absolute Gasteiger partial charge is 0.292 e. The zero-order valence-electron chi connectivity index (χ0n) is 11.6. The van der Waals surface area contributed by atoms with E-state index in [1.54, 1.807) is 0 Å². The van der Waals surface area contributed by atoms with Crippen LogP contribution in [-0.4, -0.2) is 29.5 Å². The second kappa shape index (κ2) is 6.12. The fourth-order valence-corrected chi connectivity index (χ4v) is 2.93. The lowest BCUT2D eigenvalue weighted by Crippen LogP contribution is -2.46. The van der Waals surface area contributed by atoms with Gasteiger partial charge in [0.1, 0.15) is 0 Å². The van der Waals surface area contributed by atoms with Crippen molar-refractivity contribution >= 4 is 0 Å². The number of hydrogen-bond donors (Lipinski definition) is 0. The summed E-state index contributed by atoms with van der Waals surface area (Å²) in [6, 6.07) is 0. The van der Waals surface area contributed by atoms with Gasteiger partial charge in [0.25, 0.3) is 5.92 Å². The quantitative estimate of drug-likeness (QED) is 0.600. The third-order valence-electron chi connectivity index (χ3n) is 4.04. The second-order valence-electron chi connectivity index (χ2n) is 5.73. The third-order valence-corrected chi connectivity index (χ3v) is 4.04. The van der Waals surface area contributed by atoms with Crippen LogP contribution in [0.15, 0.2) is 0 Å². The van der Waals surface area contributed by atoms with Crippen LogP contribution >= 0.6 is 0 Å². The minimum Gasteiger partial charge on any atom is -0.292 e. The number of unbranched alkanes of at least 4 members (excludes halogenated alkanes) is 2. The standard InChI is InChI=1S/C14H27F2N/c1-4-6-7-9-13(3,8-5-2)17-11-10-14(15,16)12-17/h4-12H2,1-3H3. The van der Waals surface area contributed by atoms with Gasteiger partial charge in [-0.05, 0) is 19.8 Å². The summed E-state index contributed by atoms with van der Waals surface area (Å²) in [5.41, 5.74) is -0.0101. The predicted molar refractivity (Wildman–Crippen MR) is 68.6 cm³/mol. The molecule has 1 aliphatic heterocycles. The van der Waals surface area contributed by atoms with Gasteiger partial charge >= 0.3 is 0 Å². The second-order valence-corrected chi connectivity index (χ2v) is 5.73. The molecule has 1 rings (SSSR count).